The molecule has 0 aliphatic heterocycles. The highest BCUT2D eigenvalue weighted by Gasteiger charge is 2.35. The molecule has 0 atom stereocenters. The van der Waals surface area contributed by atoms with Crippen LogP contribution in [0.2, 0.25) is 0 Å². The van der Waals surface area contributed by atoms with Crippen LogP contribution in [0.25, 0.3) is 83.6 Å². The summed E-state index contributed by atoms with van der Waals surface area (Å²) < 4.78 is 0. The van der Waals surface area contributed by atoms with E-state index in [2.05, 4.69) is 154 Å². The number of allylic oxidation sites excluding steroid dienone is 4. The van der Waals surface area contributed by atoms with Crippen LogP contribution in [0.4, 0.5) is 0 Å². The first-order valence-electron chi connectivity index (χ1n) is 18.7. The minimum absolute atomic E-state index is 0.0312. The molecule has 3 nitrogen and oxygen atoms in total. The molecule has 1 heterocycles. The lowest BCUT2D eigenvalue weighted by Crippen LogP contribution is -2.14. The molecule has 0 radical (unpaired) electrons. The topological polar surface area (TPSA) is 38.7 Å². The van der Waals surface area contributed by atoms with Crippen LogP contribution >= 0.6 is 0 Å². The first kappa shape index (κ1) is 33.8. The van der Waals surface area contributed by atoms with Crippen LogP contribution in [0.1, 0.15) is 30.8 Å². The SMILES string of the molecule is C=C/C=C(\C=C)c1nc(-c2ccccc2)nc(-c2ccc(-c3ccc4ccc(-c5cccc(-c6ccc7c(c6)C(C)(C)c6ccccc6-7)c5)cc4c3)cc2)n1. The number of hydrogen-bond acceptors (Lipinski definition) is 3. The van der Waals surface area contributed by atoms with Gasteiger partial charge in [0.25, 0.3) is 0 Å². The van der Waals surface area contributed by atoms with Crippen molar-refractivity contribution in [2.24, 2.45) is 0 Å². The van der Waals surface area contributed by atoms with Gasteiger partial charge >= 0.3 is 0 Å². The van der Waals surface area contributed by atoms with Gasteiger partial charge in [0.05, 0.1) is 0 Å². The van der Waals surface area contributed by atoms with Crippen molar-refractivity contribution in [2.45, 2.75) is 19.3 Å². The molecule has 0 unspecified atom stereocenters. The van der Waals surface area contributed by atoms with Gasteiger partial charge in [0.15, 0.2) is 17.5 Å². The van der Waals surface area contributed by atoms with E-state index in [4.69, 9.17) is 15.0 Å². The van der Waals surface area contributed by atoms with Gasteiger partial charge in [-0.1, -0.05) is 179 Å². The third-order valence-corrected chi connectivity index (χ3v) is 10.9. The first-order chi connectivity index (χ1) is 26.9. The molecule has 0 N–H and O–H groups in total. The first-order valence-corrected chi connectivity index (χ1v) is 18.7. The molecule has 1 aliphatic carbocycles. The third kappa shape index (κ3) is 6.20. The van der Waals surface area contributed by atoms with E-state index >= 15 is 0 Å². The Balaban J connectivity index is 1.02. The van der Waals surface area contributed by atoms with E-state index < -0.39 is 0 Å². The van der Waals surface area contributed by atoms with Crippen molar-refractivity contribution in [3.05, 3.63) is 206 Å². The Bertz CT molecular complexity index is 2810. The molecule has 0 bridgehead atoms. The summed E-state index contributed by atoms with van der Waals surface area (Å²) in [6.07, 6.45) is 5.32. The minimum Gasteiger partial charge on any atom is -0.208 e. The van der Waals surface area contributed by atoms with Crippen molar-refractivity contribution >= 4 is 16.3 Å². The zero-order valence-electron chi connectivity index (χ0n) is 31.0. The molecule has 1 aromatic heterocycles. The zero-order valence-corrected chi connectivity index (χ0v) is 31.0. The second-order valence-corrected chi connectivity index (χ2v) is 14.6. The van der Waals surface area contributed by atoms with Crippen LogP contribution < -0.4 is 0 Å². The molecule has 0 spiro atoms. The van der Waals surface area contributed by atoms with Crippen LogP contribution in [-0.4, -0.2) is 15.0 Å². The Kier molecular flexibility index (Phi) is 8.48. The number of fused-ring (bicyclic) bond motifs is 4. The van der Waals surface area contributed by atoms with E-state index in [1.165, 1.54) is 55.3 Å². The highest BCUT2D eigenvalue weighted by Crippen LogP contribution is 2.49. The summed E-state index contributed by atoms with van der Waals surface area (Å²) in [6.45, 7) is 12.5. The van der Waals surface area contributed by atoms with Crippen molar-refractivity contribution in [3.63, 3.8) is 0 Å². The van der Waals surface area contributed by atoms with Crippen LogP contribution in [0.3, 0.4) is 0 Å². The molecule has 8 aromatic rings. The van der Waals surface area contributed by atoms with E-state index in [-0.39, 0.29) is 5.41 Å². The number of aromatic nitrogens is 3. The number of hydrogen-bond donors (Lipinski definition) is 0. The van der Waals surface area contributed by atoms with Crippen LogP contribution in [0.15, 0.2) is 189 Å². The Hall–Kier alpha value is -6.97. The summed E-state index contributed by atoms with van der Waals surface area (Å²) in [6, 6.07) is 56.6. The predicted octanol–water partition coefficient (Wildman–Crippen LogP) is 13.4. The molecular weight excluding hydrogens is 667 g/mol. The van der Waals surface area contributed by atoms with Crippen molar-refractivity contribution in [2.75, 3.05) is 0 Å². The molecule has 0 saturated carbocycles. The minimum atomic E-state index is -0.0312. The second-order valence-electron chi connectivity index (χ2n) is 14.6. The average molecular weight is 706 g/mol. The van der Waals surface area contributed by atoms with E-state index in [9.17, 15) is 0 Å². The smallest absolute Gasteiger partial charge is 0.164 e. The highest BCUT2D eigenvalue weighted by molar-refractivity contribution is 5.92. The summed E-state index contributed by atoms with van der Waals surface area (Å²) >= 11 is 0. The normalized spacial score (nSPS) is 12.9. The van der Waals surface area contributed by atoms with Gasteiger partial charge in [-0.15, -0.1) is 0 Å². The maximum absolute atomic E-state index is 4.88. The van der Waals surface area contributed by atoms with E-state index in [1.807, 2.05) is 36.4 Å². The molecule has 55 heavy (non-hydrogen) atoms. The molecule has 0 fully saturated rings. The molecule has 1 aliphatic rings. The van der Waals surface area contributed by atoms with Gasteiger partial charge in [0.2, 0.25) is 0 Å². The van der Waals surface area contributed by atoms with Crippen LogP contribution in [-0.2, 0) is 5.41 Å². The number of benzene rings is 7. The highest BCUT2D eigenvalue weighted by atomic mass is 15.0. The fourth-order valence-electron chi connectivity index (χ4n) is 7.89. The number of rotatable bonds is 8. The lowest BCUT2D eigenvalue weighted by atomic mass is 9.81. The average Bonchev–Trinajstić information content (AvgIpc) is 3.48. The van der Waals surface area contributed by atoms with Gasteiger partial charge in [0, 0.05) is 22.1 Å². The maximum atomic E-state index is 4.88. The fraction of sp³-hybridized carbons (Fsp3) is 0.0577. The maximum Gasteiger partial charge on any atom is 0.164 e. The standard InChI is InChI=1S/C52H39N3/c1-5-13-34(6-2)49-53-50(37-14-8-7-9-15-37)55-51(54-49)38-24-20-35(21-25-38)41-26-22-36-23-27-42(32-44(36)31-41)39-16-12-17-40(30-39)43-28-29-46-45-18-10-11-19-47(45)52(3,4)48(46)33-43/h5-33H,1-2H2,3-4H3/b34-13+. The van der Waals surface area contributed by atoms with Gasteiger partial charge < -0.3 is 0 Å². The summed E-state index contributed by atoms with van der Waals surface area (Å²) in [7, 11) is 0. The van der Waals surface area contributed by atoms with Gasteiger partial charge in [-0.25, -0.2) is 15.0 Å². The van der Waals surface area contributed by atoms with Crippen molar-refractivity contribution in [3.8, 4) is 67.3 Å². The molecule has 7 aromatic carbocycles. The lowest BCUT2D eigenvalue weighted by Gasteiger charge is -2.22. The summed E-state index contributed by atoms with van der Waals surface area (Å²) in [5.74, 6) is 1.77. The molecular formula is C52H39N3. The molecule has 262 valence electrons. The third-order valence-electron chi connectivity index (χ3n) is 10.9. The quantitative estimate of drug-likeness (QED) is 0.148. The van der Waals surface area contributed by atoms with E-state index in [1.54, 1.807) is 12.2 Å². The number of nitrogens with zero attached hydrogens (tertiary/aromatic N) is 3. The fourth-order valence-corrected chi connectivity index (χ4v) is 7.89. The largest absolute Gasteiger partial charge is 0.208 e. The molecule has 3 heteroatoms. The Morgan fingerprint density at radius 3 is 1.67 bits per heavy atom. The van der Waals surface area contributed by atoms with Gasteiger partial charge in [0.1, 0.15) is 0 Å². The Morgan fingerprint density at radius 2 is 0.982 bits per heavy atom. The van der Waals surface area contributed by atoms with Gasteiger partial charge in [-0.3, -0.25) is 0 Å². The predicted molar refractivity (Wildman–Crippen MR) is 230 cm³/mol. The van der Waals surface area contributed by atoms with Crippen LogP contribution in [0, 0.1) is 0 Å². The van der Waals surface area contributed by atoms with E-state index in [0.717, 1.165) is 27.8 Å². The Morgan fingerprint density at radius 1 is 0.455 bits per heavy atom. The summed E-state index contributed by atoms with van der Waals surface area (Å²) in [4.78, 5) is 14.5. The van der Waals surface area contributed by atoms with Crippen molar-refractivity contribution in [1.29, 1.82) is 0 Å². The van der Waals surface area contributed by atoms with Gasteiger partial charge in [-0.05, 0) is 90.7 Å². The molecule has 0 saturated heterocycles. The summed E-state index contributed by atoms with van der Waals surface area (Å²) in [5, 5.41) is 2.40. The van der Waals surface area contributed by atoms with E-state index in [0.29, 0.717) is 17.5 Å². The lowest BCUT2D eigenvalue weighted by molar-refractivity contribution is 0.660. The van der Waals surface area contributed by atoms with Crippen molar-refractivity contribution in [1.82, 2.24) is 15.0 Å². The van der Waals surface area contributed by atoms with Crippen molar-refractivity contribution < 1.29 is 0 Å². The second kappa shape index (κ2) is 13.8. The summed E-state index contributed by atoms with van der Waals surface area (Å²) in [5.41, 5.74) is 15.2. The van der Waals surface area contributed by atoms with Crippen LogP contribution in [0.5, 0.6) is 0 Å². The van der Waals surface area contributed by atoms with Gasteiger partial charge in [-0.2, -0.15) is 0 Å². The zero-order chi connectivity index (χ0) is 37.5. The molecule has 0 amide bonds. The monoisotopic (exact) mass is 705 g/mol. The Labute approximate surface area is 322 Å². The molecule has 9 rings (SSSR count).